The van der Waals surface area contributed by atoms with Gasteiger partial charge in [-0.25, -0.2) is 4.79 Å². The van der Waals surface area contributed by atoms with Gasteiger partial charge in [0.15, 0.2) is 0 Å². The Bertz CT molecular complexity index is 1570. The summed E-state index contributed by atoms with van der Waals surface area (Å²) in [5, 5.41) is 8.63. The highest BCUT2D eigenvalue weighted by Crippen LogP contribution is 2.29. The van der Waals surface area contributed by atoms with Gasteiger partial charge in [0.2, 0.25) is 0 Å². The highest BCUT2D eigenvalue weighted by atomic mass is 35.5. The predicted molar refractivity (Wildman–Crippen MR) is 159 cm³/mol. The van der Waals surface area contributed by atoms with E-state index in [0.29, 0.717) is 54.6 Å². The third-order valence-corrected chi connectivity index (χ3v) is 7.30. The lowest BCUT2D eigenvalue weighted by molar-refractivity contribution is 0.0949. The zero-order valence-electron chi connectivity index (χ0n) is 21.9. The van der Waals surface area contributed by atoms with E-state index in [0.717, 1.165) is 28.4 Å². The molecule has 9 heteroatoms. The highest BCUT2D eigenvalue weighted by Gasteiger charge is 2.21. The van der Waals surface area contributed by atoms with Crippen LogP contribution < -0.4 is 21.3 Å². The van der Waals surface area contributed by atoms with Crippen molar-refractivity contribution in [1.82, 2.24) is 10.2 Å². The number of hydrogen-bond acceptors (Lipinski definition) is 4. The fourth-order valence-electron chi connectivity index (χ4n) is 4.98. The second kappa shape index (κ2) is 12.1. The maximum absolute atomic E-state index is 13.3. The standard InChI is InChI=1S/C31H30ClN5O3/c32-25-10-4-8-22(18-25)30(39)35-27-19-23(12-13-28(27)36-14-5-15-37(17-16-36)31(33)40)29(38)34-20-24-9-3-7-21-6-1-2-11-26(21)24/h1-4,6-13,18-19H,5,14-17,20H2,(H2,33,40)(H,34,38)(H,35,39). The lowest BCUT2D eigenvalue weighted by atomic mass is 10.0. The first kappa shape index (κ1) is 27.0. The maximum atomic E-state index is 13.3. The maximum Gasteiger partial charge on any atom is 0.314 e. The molecule has 4 amide bonds. The van der Waals surface area contributed by atoms with Crippen LogP contribution in [0.3, 0.4) is 0 Å². The third-order valence-electron chi connectivity index (χ3n) is 7.06. The summed E-state index contributed by atoms with van der Waals surface area (Å²) in [6, 6.07) is 25.6. The van der Waals surface area contributed by atoms with Crippen molar-refractivity contribution in [3.05, 3.63) is 107 Å². The van der Waals surface area contributed by atoms with Crippen molar-refractivity contribution in [2.45, 2.75) is 13.0 Å². The molecule has 0 aliphatic carbocycles. The molecule has 4 N–H and O–H groups in total. The van der Waals surface area contributed by atoms with Gasteiger partial charge in [-0.3, -0.25) is 9.59 Å². The third kappa shape index (κ3) is 6.18. The van der Waals surface area contributed by atoms with Crippen molar-refractivity contribution in [3.63, 3.8) is 0 Å². The lowest BCUT2D eigenvalue weighted by Crippen LogP contribution is -2.38. The summed E-state index contributed by atoms with van der Waals surface area (Å²) in [6.07, 6.45) is 0.720. The number of nitrogens with one attached hydrogen (secondary N) is 2. The zero-order chi connectivity index (χ0) is 28.1. The molecule has 5 rings (SSSR count). The minimum atomic E-state index is -0.449. The first-order valence-electron chi connectivity index (χ1n) is 13.1. The average Bonchev–Trinajstić information content (AvgIpc) is 3.22. The van der Waals surface area contributed by atoms with Crippen molar-refractivity contribution in [3.8, 4) is 0 Å². The largest absolute Gasteiger partial charge is 0.368 e. The van der Waals surface area contributed by atoms with Gasteiger partial charge in [0.25, 0.3) is 11.8 Å². The average molecular weight is 556 g/mol. The number of halogens is 1. The summed E-state index contributed by atoms with van der Waals surface area (Å²) in [5.74, 6) is -0.598. The minimum absolute atomic E-state index is 0.256. The molecule has 0 spiro atoms. The number of benzene rings is 4. The summed E-state index contributed by atoms with van der Waals surface area (Å²) in [4.78, 5) is 41.8. The van der Waals surface area contributed by atoms with Gasteiger partial charge in [0.05, 0.1) is 11.4 Å². The molecule has 0 saturated carbocycles. The summed E-state index contributed by atoms with van der Waals surface area (Å²) in [6.45, 7) is 2.59. The van der Waals surface area contributed by atoms with Gasteiger partial charge in [0, 0.05) is 48.9 Å². The Morgan fingerprint density at radius 1 is 0.800 bits per heavy atom. The molecule has 40 heavy (non-hydrogen) atoms. The number of urea groups is 1. The van der Waals surface area contributed by atoms with Gasteiger partial charge < -0.3 is 26.2 Å². The predicted octanol–water partition coefficient (Wildman–Crippen LogP) is 5.27. The molecule has 0 aromatic heterocycles. The van der Waals surface area contributed by atoms with Crippen LogP contribution in [-0.2, 0) is 6.54 Å². The van der Waals surface area contributed by atoms with E-state index in [1.54, 1.807) is 41.3 Å². The van der Waals surface area contributed by atoms with Crippen LogP contribution in [0, 0.1) is 0 Å². The van der Waals surface area contributed by atoms with Gasteiger partial charge >= 0.3 is 6.03 Å². The summed E-state index contributed by atoms with van der Waals surface area (Å²) in [7, 11) is 0. The molecule has 204 valence electrons. The molecule has 1 heterocycles. The van der Waals surface area contributed by atoms with Crippen LogP contribution >= 0.6 is 11.6 Å². The number of rotatable bonds is 6. The molecule has 1 saturated heterocycles. The van der Waals surface area contributed by atoms with Crippen molar-refractivity contribution in [2.75, 3.05) is 36.4 Å². The number of carbonyl (C=O) groups is 3. The first-order valence-corrected chi connectivity index (χ1v) is 13.5. The Morgan fingerprint density at radius 2 is 1.57 bits per heavy atom. The number of nitrogens with zero attached hydrogens (tertiary/aromatic N) is 2. The number of hydrogen-bond donors (Lipinski definition) is 3. The van der Waals surface area contributed by atoms with E-state index in [4.69, 9.17) is 17.3 Å². The van der Waals surface area contributed by atoms with Crippen LogP contribution in [0.15, 0.2) is 84.9 Å². The minimum Gasteiger partial charge on any atom is -0.368 e. The summed E-state index contributed by atoms with van der Waals surface area (Å²) in [5.41, 5.74) is 8.59. The number of nitrogens with two attached hydrogens (primary N) is 1. The monoisotopic (exact) mass is 555 g/mol. The number of anilines is 2. The van der Waals surface area contributed by atoms with Crippen LogP contribution in [0.4, 0.5) is 16.2 Å². The van der Waals surface area contributed by atoms with E-state index in [2.05, 4.69) is 15.5 Å². The second-order valence-corrected chi connectivity index (χ2v) is 10.1. The van der Waals surface area contributed by atoms with Crippen LogP contribution in [0.25, 0.3) is 10.8 Å². The van der Waals surface area contributed by atoms with Gasteiger partial charge in [-0.05, 0) is 59.2 Å². The normalized spacial score (nSPS) is 13.5. The smallest absolute Gasteiger partial charge is 0.314 e. The highest BCUT2D eigenvalue weighted by molar-refractivity contribution is 6.31. The second-order valence-electron chi connectivity index (χ2n) is 9.68. The van der Waals surface area contributed by atoms with Crippen LogP contribution in [0.5, 0.6) is 0 Å². The number of primary amides is 1. The summed E-state index contributed by atoms with van der Waals surface area (Å²) < 4.78 is 0. The Hall–Kier alpha value is -4.56. The number of fused-ring (bicyclic) bond motifs is 1. The molecular formula is C31H30ClN5O3. The first-order chi connectivity index (χ1) is 19.4. The van der Waals surface area contributed by atoms with E-state index < -0.39 is 6.03 Å². The number of amides is 4. The van der Waals surface area contributed by atoms with Gasteiger partial charge in [-0.2, -0.15) is 0 Å². The molecule has 0 atom stereocenters. The van der Waals surface area contributed by atoms with E-state index in [1.807, 2.05) is 48.5 Å². The molecular weight excluding hydrogens is 526 g/mol. The Labute approximate surface area is 237 Å². The SMILES string of the molecule is NC(=O)N1CCCN(c2ccc(C(=O)NCc3cccc4ccccc34)cc2NC(=O)c2cccc(Cl)c2)CC1. The summed E-state index contributed by atoms with van der Waals surface area (Å²) >= 11 is 6.11. The molecule has 1 fully saturated rings. The van der Waals surface area contributed by atoms with E-state index >= 15 is 0 Å². The Morgan fingerprint density at radius 3 is 2.40 bits per heavy atom. The Balaban J connectivity index is 1.40. The quantitative estimate of drug-likeness (QED) is 0.301. The van der Waals surface area contributed by atoms with Crippen molar-refractivity contribution in [2.24, 2.45) is 5.73 Å². The molecule has 1 aliphatic heterocycles. The van der Waals surface area contributed by atoms with Crippen LogP contribution in [-0.4, -0.2) is 48.9 Å². The fraction of sp³-hybridized carbons (Fsp3) is 0.194. The van der Waals surface area contributed by atoms with Crippen LogP contribution in [0.1, 0.15) is 32.7 Å². The molecule has 0 radical (unpaired) electrons. The fourth-order valence-corrected chi connectivity index (χ4v) is 5.17. The van der Waals surface area contributed by atoms with Crippen molar-refractivity contribution < 1.29 is 14.4 Å². The van der Waals surface area contributed by atoms with Gasteiger partial charge in [-0.1, -0.05) is 60.1 Å². The molecule has 1 aliphatic rings. The molecule has 4 aromatic carbocycles. The van der Waals surface area contributed by atoms with Crippen molar-refractivity contribution in [1.29, 1.82) is 0 Å². The van der Waals surface area contributed by atoms with Gasteiger partial charge in [-0.15, -0.1) is 0 Å². The number of carbonyl (C=O) groups excluding carboxylic acids is 3. The topological polar surface area (TPSA) is 108 Å². The zero-order valence-corrected chi connectivity index (χ0v) is 22.7. The lowest BCUT2D eigenvalue weighted by Gasteiger charge is -2.26. The molecule has 4 aromatic rings. The Kier molecular flexibility index (Phi) is 8.17. The molecule has 8 nitrogen and oxygen atoms in total. The molecule has 0 unspecified atom stereocenters. The van der Waals surface area contributed by atoms with Crippen molar-refractivity contribution >= 4 is 51.6 Å². The van der Waals surface area contributed by atoms with E-state index in [1.165, 1.54) is 0 Å². The van der Waals surface area contributed by atoms with E-state index in [9.17, 15) is 14.4 Å². The molecule has 0 bridgehead atoms. The van der Waals surface area contributed by atoms with Crippen LogP contribution in [0.2, 0.25) is 5.02 Å². The van der Waals surface area contributed by atoms with Gasteiger partial charge in [0.1, 0.15) is 0 Å². The van der Waals surface area contributed by atoms with E-state index in [-0.39, 0.29) is 11.8 Å².